The molecule has 0 fully saturated rings. The molecule has 484 valence electrons. The number of nitrogens with zero attached hydrogens (tertiary/aromatic N) is 7. The minimum Gasteiger partial charge on any atom is -0.493 e. The molecule has 0 spiro atoms. The Morgan fingerprint density at radius 3 is 1.28 bits per heavy atom. The zero-order chi connectivity index (χ0) is 63.7. The average molecular weight is 1320 g/mol. The molecule has 0 bridgehead atoms. The number of hydrogen-bond acceptors (Lipinski definition) is 12. The van der Waals surface area contributed by atoms with E-state index in [0.717, 1.165) is 153 Å². The van der Waals surface area contributed by atoms with Crippen molar-refractivity contribution in [1.29, 1.82) is 0 Å². The molecule has 17 heteroatoms. The SMILES string of the molecule is C.C.CC(C)[SiH](C(C)C)C(C)C.c1ccc(SOOn2cc(-c3cn[nH]c3)c3cc(-c4ccc5c(c4)CCO5)cnc32)cc1.c1ccc(SOOn2cc(-c3cnn(C(c4ccccc4)(c4ccccc4)c4ccccc4)c3)c3cc(-c4ccc5c(c4)CCO5)cnc32)cc1. The predicted molar refractivity (Wildman–Crippen MR) is 388 cm³/mol. The van der Waals surface area contributed by atoms with Crippen molar-refractivity contribution in [2.45, 2.75) is 101 Å². The highest BCUT2D eigenvalue weighted by atomic mass is 32.2. The molecule has 0 amide bonds. The van der Waals surface area contributed by atoms with Crippen LogP contribution >= 0.6 is 24.1 Å². The predicted octanol–water partition coefficient (Wildman–Crippen LogP) is 19.2. The van der Waals surface area contributed by atoms with Crippen LogP contribution in [0.2, 0.25) is 16.6 Å². The molecule has 2 aliphatic heterocycles. The number of rotatable bonds is 19. The Labute approximate surface area is 567 Å². The molecule has 8 heterocycles. The van der Waals surface area contributed by atoms with Gasteiger partial charge in [0.15, 0.2) is 11.3 Å². The summed E-state index contributed by atoms with van der Waals surface area (Å²) < 4.78 is 27.7. The zero-order valence-electron chi connectivity index (χ0n) is 52.7. The lowest BCUT2D eigenvalue weighted by Crippen LogP contribution is -2.38. The first-order valence-corrected chi connectivity index (χ1v) is 35.0. The Hall–Kier alpha value is -9.62. The molecule has 0 saturated carbocycles. The largest absolute Gasteiger partial charge is 0.493 e. The second kappa shape index (κ2) is 30.6. The van der Waals surface area contributed by atoms with Crippen LogP contribution in [0.3, 0.4) is 0 Å². The van der Waals surface area contributed by atoms with Gasteiger partial charge in [-0.1, -0.05) is 221 Å². The summed E-state index contributed by atoms with van der Waals surface area (Å²) >= 11 is 2.28. The monoisotopic (exact) mass is 1320 g/mol. The van der Waals surface area contributed by atoms with Crippen molar-refractivity contribution in [3.05, 3.63) is 278 Å². The number of H-pyrrole nitrogens is 1. The number of aromatic amines is 1. The quantitative estimate of drug-likeness (QED) is 0.0271. The summed E-state index contributed by atoms with van der Waals surface area (Å²) in [6.07, 6.45) is 17.0. The first-order chi connectivity index (χ1) is 45.6. The summed E-state index contributed by atoms with van der Waals surface area (Å²) in [7, 11) is -0.454. The molecule has 7 aromatic carbocycles. The first kappa shape index (κ1) is 66.8. The highest BCUT2D eigenvalue weighted by Gasteiger charge is 2.39. The molecule has 15 rings (SSSR count). The normalized spacial score (nSPS) is 12.3. The lowest BCUT2D eigenvalue weighted by atomic mass is 9.77. The minimum absolute atomic E-state index is 0. The van der Waals surface area contributed by atoms with E-state index < -0.39 is 14.3 Å². The highest BCUT2D eigenvalue weighted by molar-refractivity contribution is 7.94. The standard InChI is InChI=1S/C43H32N4O3S.C24H18N4O3S.C9H22Si.2CH4/c1-5-13-35(14-6-1)43(36-15-7-2-8-16-36,37-17-9-3-10-18-37)47-29-34(28-45-47)40-30-46(49-50-51-38-19-11-4-12-20-38)42-39(40)26-33(27-44-42)31-21-22-41-32(25-31)23-24-48-41;1-2-4-20(5-3-1)32-31-30-28-15-22(19-13-26-27-14-19)21-11-18(12-25-24(21)28)16-6-7-23-17(10-16)8-9-29-23;1-7(2)10(8(3)4)9(5)6;;/h1-22,25-30H,23-24H2;1-7,10-15H,8-9H2,(H,26,27);7-10H,1-6H3;2*1H4. The third kappa shape index (κ3) is 14.5. The Bertz CT molecular complexity index is 4470. The van der Waals surface area contributed by atoms with E-state index in [9.17, 15) is 0 Å². The van der Waals surface area contributed by atoms with Gasteiger partial charge < -0.3 is 9.47 Å². The molecular formula is C78H80N8O6S2Si. The van der Waals surface area contributed by atoms with E-state index >= 15 is 0 Å². The molecule has 95 heavy (non-hydrogen) atoms. The molecule has 0 radical (unpaired) electrons. The van der Waals surface area contributed by atoms with Crippen molar-refractivity contribution >= 4 is 54.9 Å². The number of nitrogens with one attached hydrogen (secondary N) is 1. The fourth-order valence-corrected chi connectivity index (χ4v) is 18.7. The summed E-state index contributed by atoms with van der Waals surface area (Å²) in [4.78, 5) is 22.9. The number of fused-ring (bicyclic) bond motifs is 4. The summed E-state index contributed by atoms with van der Waals surface area (Å²) in [6, 6.07) is 68.1. The summed E-state index contributed by atoms with van der Waals surface area (Å²) in [6.45, 7) is 15.8. The van der Waals surface area contributed by atoms with Gasteiger partial charge in [-0.15, -0.1) is 9.46 Å². The average Bonchev–Trinajstić information content (AvgIpc) is 1.71. The summed E-state index contributed by atoms with van der Waals surface area (Å²) in [5.74, 6) is 1.92. The van der Waals surface area contributed by atoms with E-state index in [0.29, 0.717) is 17.9 Å². The van der Waals surface area contributed by atoms with Crippen molar-refractivity contribution in [2.24, 2.45) is 0 Å². The number of ether oxygens (including phenoxy) is 2. The molecule has 0 saturated heterocycles. The van der Waals surface area contributed by atoms with Crippen LogP contribution in [0.25, 0.3) is 66.6 Å². The first-order valence-electron chi connectivity index (χ1n) is 31.5. The van der Waals surface area contributed by atoms with E-state index in [1.807, 2.05) is 128 Å². The maximum absolute atomic E-state index is 5.89. The summed E-state index contributed by atoms with van der Waals surface area (Å²) in [5.41, 5.74) is 17.1. The van der Waals surface area contributed by atoms with E-state index in [1.165, 1.54) is 15.9 Å². The van der Waals surface area contributed by atoms with E-state index in [4.69, 9.17) is 43.2 Å². The van der Waals surface area contributed by atoms with E-state index in [2.05, 4.69) is 172 Å². The number of hydrogen-bond donors (Lipinski definition) is 1. The van der Waals surface area contributed by atoms with Gasteiger partial charge in [0.25, 0.3) is 0 Å². The Morgan fingerprint density at radius 2 is 0.884 bits per heavy atom. The zero-order valence-corrected chi connectivity index (χ0v) is 55.5. The van der Waals surface area contributed by atoms with Gasteiger partial charge in [0.2, 0.25) is 0 Å². The van der Waals surface area contributed by atoms with Gasteiger partial charge in [-0.3, -0.25) is 9.78 Å². The van der Waals surface area contributed by atoms with Crippen LogP contribution in [-0.4, -0.2) is 61.4 Å². The number of pyridine rings is 2. The van der Waals surface area contributed by atoms with Gasteiger partial charge in [0, 0.05) is 100 Å². The third-order valence-corrected chi connectivity index (χ3v) is 23.0. The van der Waals surface area contributed by atoms with Crippen molar-refractivity contribution in [3.63, 3.8) is 0 Å². The van der Waals surface area contributed by atoms with Crippen molar-refractivity contribution in [3.8, 4) is 56.0 Å². The molecule has 6 aromatic heterocycles. The fraction of sp³-hybridized carbons (Fsp3) is 0.205. The number of aromatic nitrogens is 8. The minimum atomic E-state index is -0.748. The second-order valence-corrected chi connectivity index (χ2v) is 30.8. The Kier molecular flexibility index (Phi) is 21.5. The highest BCUT2D eigenvalue weighted by Crippen LogP contribution is 2.43. The molecule has 0 atom stereocenters. The third-order valence-electron chi connectivity index (χ3n) is 17.2. The fourth-order valence-electron chi connectivity index (χ4n) is 13.2. The molecular weight excluding hydrogens is 1240 g/mol. The Morgan fingerprint density at radius 1 is 0.463 bits per heavy atom. The van der Waals surface area contributed by atoms with Gasteiger partial charge in [-0.2, -0.15) is 10.2 Å². The van der Waals surface area contributed by atoms with Gasteiger partial charge in [-0.25, -0.2) is 19.9 Å². The van der Waals surface area contributed by atoms with Crippen molar-refractivity contribution in [1.82, 2.24) is 39.4 Å². The molecule has 0 unspecified atom stereocenters. The van der Waals surface area contributed by atoms with Crippen LogP contribution in [0.1, 0.15) is 84.2 Å². The van der Waals surface area contributed by atoms with Crippen LogP contribution in [0.5, 0.6) is 11.5 Å². The topological polar surface area (TPSA) is 138 Å². The molecule has 1 N–H and O–H groups in total. The second-order valence-electron chi connectivity index (χ2n) is 24.1. The van der Waals surface area contributed by atoms with Crippen LogP contribution < -0.4 is 19.5 Å². The Balaban J connectivity index is 0.000000178. The van der Waals surface area contributed by atoms with Crippen molar-refractivity contribution < 1.29 is 28.1 Å². The van der Waals surface area contributed by atoms with Crippen LogP contribution in [0.15, 0.2) is 260 Å². The molecule has 0 aliphatic carbocycles. The van der Waals surface area contributed by atoms with Crippen LogP contribution in [0, 0.1) is 0 Å². The van der Waals surface area contributed by atoms with Crippen LogP contribution in [-0.2, 0) is 27.0 Å². The smallest absolute Gasteiger partial charge is 0.179 e. The van der Waals surface area contributed by atoms with Gasteiger partial charge >= 0.3 is 0 Å². The molecule has 13 aromatic rings. The van der Waals surface area contributed by atoms with E-state index in [-0.39, 0.29) is 14.9 Å². The maximum Gasteiger partial charge on any atom is 0.179 e. The van der Waals surface area contributed by atoms with Gasteiger partial charge in [0.1, 0.15) is 17.0 Å². The molecule has 14 nitrogen and oxygen atoms in total. The lowest BCUT2D eigenvalue weighted by molar-refractivity contribution is -0.188. The molecule has 2 aliphatic rings. The van der Waals surface area contributed by atoms with Crippen LogP contribution in [0.4, 0.5) is 0 Å². The lowest BCUT2D eigenvalue weighted by Gasteiger charge is -2.36. The maximum atomic E-state index is 5.89. The summed E-state index contributed by atoms with van der Waals surface area (Å²) in [5, 5.41) is 13.9. The van der Waals surface area contributed by atoms with Gasteiger partial charge in [-0.05, 0) is 99.6 Å². The van der Waals surface area contributed by atoms with Gasteiger partial charge in [0.05, 0.1) is 62.1 Å². The van der Waals surface area contributed by atoms with Crippen molar-refractivity contribution in [2.75, 3.05) is 13.2 Å². The van der Waals surface area contributed by atoms with E-state index in [1.54, 1.807) is 10.9 Å². The number of benzene rings is 7.